The van der Waals surface area contributed by atoms with Gasteiger partial charge in [0, 0.05) is 24.3 Å². The molecule has 0 spiro atoms. The van der Waals surface area contributed by atoms with Crippen molar-refractivity contribution < 1.29 is 23.9 Å². The van der Waals surface area contributed by atoms with E-state index in [4.69, 9.17) is 5.26 Å². The zero-order valence-corrected chi connectivity index (χ0v) is 29.4. The van der Waals surface area contributed by atoms with E-state index in [1.54, 1.807) is 24.3 Å². The van der Waals surface area contributed by atoms with Gasteiger partial charge in [-0.15, -0.1) is 11.8 Å². The molecule has 0 radical (unpaired) electrons. The molecular weight excluding hydrogens is 664 g/mol. The van der Waals surface area contributed by atoms with E-state index < -0.39 is 51.1 Å². The second-order valence-electron chi connectivity index (χ2n) is 13.8. The number of aliphatic hydroxyl groups excluding tert-OH is 1. The van der Waals surface area contributed by atoms with Crippen LogP contribution in [0.5, 0.6) is 0 Å². The van der Waals surface area contributed by atoms with Gasteiger partial charge in [0.1, 0.15) is 12.1 Å². The molecule has 51 heavy (non-hydrogen) atoms. The van der Waals surface area contributed by atoms with Gasteiger partial charge in [0.15, 0.2) is 5.67 Å². The molecule has 1 heterocycles. The van der Waals surface area contributed by atoms with Crippen molar-refractivity contribution in [2.24, 2.45) is 0 Å². The summed E-state index contributed by atoms with van der Waals surface area (Å²) in [7, 11) is 0. The summed E-state index contributed by atoms with van der Waals surface area (Å²) >= 11 is 1.47. The van der Waals surface area contributed by atoms with Crippen molar-refractivity contribution in [1.29, 1.82) is 5.26 Å². The van der Waals surface area contributed by atoms with Crippen LogP contribution in [-0.2, 0) is 25.7 Å². The third-order valence-electron chi connectivity index (χ3n) is 9.69. The highest BCUT2D eigenvalue weighted by Gasteiger charge is 2.55. The SMILES string of the molecule is CC(C)(SC(c1ccccc1)(c1ccccc1)c1ccccc1)C(NC(=O)C1(F)CC1)C(=O)N1C[C@H](O)C[C@H]1C(=O)NCc1ccc(C#N)cc1. The van der Waals surface area contributed by atoms with Gasteiger partial charge in [0.25, 0.3) is 5.91 Å². The number of benzene rings is 4. The highest BCUT2D eigenvalue weighted by Crippen LogP contribution is 2.54. The van der Waals surface area contributed by atoms with E-state index in [-0.39, 0.29) is 32.4 Å². The van der Waals surface area contributed by atoms with Gasteiger partial charge in [-0.1, -0.05) is 103 Å². The van der Waals surface area contributed by atoms with Gasteiger partial charge in [0.2, 0.25) is 11.8 Å². The third kappa shape index (κ3) is 7.55. The summed E-state index contributed by atoms with van der Waals surface area (Å²) < 4.78 is 13.3. The Balaban J connectivity index is 1.37. The van der Waals surface area contributed by atoms with Gasteiger partial charge in [-0.25, -0.2) is 4.39 Å². The maximum absolute atomic E-state index is 15.3. The number of nitrogens with one attached hydrogen (secondary N) is 2. The molecule has 1 unspecified atom stereocenters. The lowest BCUT2D eigenvalue weighted by molar-refractivity contribution is -0.143. The van der Waals surface area contributed by atoms with Crippen molar-refractivity contribution in [2.75, 3.05) is 6.54 Å². The molecule has 1 saturated heterocycles. The van der Waals surface area contributed by atoms with Crippen molar-refractivity contribution in [2.45, 2.75) is 73.0 Å². The molecule has 4 aromatic carbocycles. The van der Waals surface area contributed by atoms with E-state index in [0.29, 0.717) is 5.56 Å². The number of carbonyl (C=O) groups is 3. The number of halogens is 1. The fraction of sp³-hybridized carbons (Fsp3) is 0.317. The lowest BCUT2D eigenvalue weighted by Gasteiger charge is -2.45. The Morgan fingerprint density at radius 2 is 1.41 bits per heavy atom. The first kappa shape index (κ1) is 35.8. The normalized spacial score (nSPS) is 18.7. The van der Waals surface area contributed by atoms with Gasteiger partial charge in [0.05, 0.1) is 22.5 Å². The number of hydrogen-bond donors (Lipinski definition) is 3. The second-order valence-corrected chi connectivity index (χ2v) is 15.6. The van der Waals surface area contributed by atoms with Gasteiger partial charge in [-0.05, 0) is 61.1 Å². The molecule has 1 aliphatic carbocycles. The maximum atomic E-state index is 15.3. The zero-order chi connectivity index (χ0) is 36.2. The Morgan fingerprint density at radius 3 is 1.88 bits per heavy atom. The Bertz CT molecular complexity index is 1800. The van der Waals surface area contributed by atoms with Crippen LogP contribution in [-0.4, -0.2) is 62.9 Å². The molecule has 10 heteroatoms. The van der Waals surface area contributed by atoms with Crippen molar-refractivity contribution >= 4 is 29.5 Å². The van der Waals surface area contributed by atoms with Gasteiger partial charge in [-0.2, -0.15) is 5.26 Å². The number of aliphatic hydroxyl groups is 1. The number of β-amino-alcohol motifs (C(OH)–C–C–N with tert-alkyl or cyclic N) is 1. The molecule has 3 atom stereocenters. The summed E-state index contributed by atoms with van der Waals surface area (Å²) in [5.74, 6) is -1.90. The summed E-state index contributed by atoms with van der Waals surface area (Å²) in [5.41, 5.74) is 2.03. The van der Waals surface area contributed by atoms with E-state index in [2.05, 4.69) is 16.7 Å². The lowest BCUT2D eigenvalue weighted by Crippen LogP contribution is -2.61. The van der Waals surface area contributed by atoms with Gasteiger partial charge in [-0.3, -0.25) is 14.4 Å². The first-order valence-corrected chi connectivity index (χ1v) is 17.9. The van der Waals surface area contributed by atoms with Crippen LogP contribution < -0.4 is 10.6 Å². The summed E-state index contributed by atoms with van der Waals surface area (Å²) in [6.07, 6.45) is -0.829. The van der Waals surface area contributed by atoms with Crippen LogP contribution in [0, 0.1) is 11.3 Å². The molecular formula is C41H41FN4O4S. The average molecular weight is 705 g/mol. The summed E-state index contributed by atoms with van der Waals surface area (Å²) in [6.45, 7) is 3.74. The first-order valence-electron chi connectivity index (χ1n) is 17.1. The molecule has 6 rings (SSSR count). The number of rotatable bonds is 12. The van der Waals surface area contributed by atoms with Crippen molar-refractivity contribution in [3.63, 3.8) is 0 Å². The molecule has 262 valence electrons. The second kappa shape index (κ2) is 14.7. The van der Waals surface area contributed by atoms with Crippen LogP contribution in [0.1, 0.15) is 60.9 Å². The van der Waals surface area contributed by atoms with Crippen molar-refractivity contribution in [3.8, 4) is 6.07 Å². The summed E-state index contributed by atoms with van der Waals surface area (Å²) in [5, 5.41) is 25.6. The fourth-order valence-electron chi connectivity index (χ4n) is 6.75. The Labute approximate surface area is 302 Å². The molecule has 0 bridgehead atoms. The smallest absolute Gasteiger partial charge is 0.258 e. The molecule has 3 N–H and O–H groups in total. The number of amides is 3. The minimum atomic E-state index is -2.06. The molecule has 2 aliphatic rings. The van der Waals surface area contributed by atoms with Gasteiger partial charge >= 0.3 is 0 Å². The van der Waals surface area contributed by atoms with Crippen molar-refractivity contribution in [3.05, 3.63) is 143 Å². The molecule has 0 aromatic heterocycles. The minimum Gasteiger partial charge on any atom is -0.391 e. The topological polar surface area (TPSA) is 123 Å². The number of thioether (sulfide) groups is 1. The molecule has 8 nitrogen and oxygen atoms in total. The lowest BCUT2D eigenvalue weighted by atomic mass is 9.84. The standard InChI is InChI=1S/C41H41FN4O4S/c1-39(2,51-41(30-12-6-3-7-13-30,31-14-8-4-9-15-31)32-16-10-5-11-17-32)35(45-38(50)40(42)22-23-40)37(49)46-27-33(47)24-34(46)36(48)44-26-29-20-18-28(25-43)19-21-29/h3-21,33-35,47H,22-24,26-27H2,1-2H3,(H,44,48)(H,45,50)/t33-,34+,35?/m1/s1. The monoisotopic (exact) mass is 704 g/mol. The largest absolute Gasteiger partial charge is 0.391 e. The number of hydrogen-bond acceptors (Lipinski definition) is 6. The van der Waals surface area contributed by atoms with Crippen LogP contribution in [0.15, 0.2) is 115 Å². The average Bonchev–Trinajstić information content (AvgIpc) is 3.80. The van der Waals surface area contributed by atoms with Crippen LogP contribution in [0.2, 0.25) is 0 Å². The number of alkyl halides is 1. The van der Waals surface area contributed by atoms with E-state index in [0.717, 1.165) is 22.3 Å². The molecule has 2 fully saturated rings. The van der Waals surface area contributed by atoms with Crippen LogP contribution >= 0.6 is 11.8 Å². The maximum Gasteiger partial charge on any atom is 0.258 e. The Morgan fingerprint density at radius 1 is 0.902 bits per heavy atom. The molecule has 4 aromatic rings. The summed E-state index contributed by atoms with van der Waals surface area (Å²) in [4.78, 5) is 43.2. The van der Waals surface area contributed by atoms with Crippen LogP contribution in [0.3, 0.4) is 0 Å². The van der Waals surface area contributed by atoms with E-state index >= 15 is 4.39 Å². The molecule has 3 amide bonds. The highest BCUT2D eigenvalue weighted by atomic mass is 32.2. The summed E-state index contributed by atoms with van der Waals surface area (Å²) in [6, 6.07) is 36.3. The third-order valence-corrected chi connectivity index (χ3v) is 11.5. The van der Waals surface area contributed by atoms with Crippen molar-refractivity contribution in [1.82, 2.24) is 15.5 Å². The first-order chi connectivity index (χ1) is 24.5. The number of carbonyl (C=O) groups excluding carboxylic acids is 3. The number of nitrogens with zero attached hydrogens (tertiary/aromatic N) is 2. The fourth-order valence-corrected chi connectivity index (χ4v) is 8.58. The van der Waals surface area contributed by atoms with Crippen LogP contribution in [0.25, 0.3) is 0 Å². The Hall–Kier alpha value is -4.98. The number of likely N-dealkylation sites (tertiary alicyclic amines) is 1. The Kier molecular flexibility index (Phi) is 10.3. The minimum absolute atomic E-state index is 0.00815. The quantitative estimate of drug-likeness (QED) is 0.165. The van der Waals surface area contributed by atoms with E-state index in [1.807, 2.05) is 105 Å². The van der Waals surface area contributed by atoms with Gasteiger partial charge < -0.3 is 20.6 Å². The predicted octanol–water partition coefficient (Wildman–Crippen LogP) is 5.63. The molecule has 1 saturated carbocycles. The predicted molar refractivity (Wildman–Crippen MR) is 195 cm³/mol. The van der Waals surface area contributed by atoms with E-state index in [9.17, 15) is 19.5 Å². The van der Waals surface area contributed by atoms with Crippen LogP contribution in [0.4, 0.5) is 4.39 Å². The highest BCUT2D eigenvalue weighted by molar-refractivity contribution is 8.02. The van der Waals surface area contributed by atoms with E-state index in [1.165, 1.54) is 16.7 Å². The molecule has 1 aliphatic heterocycles. The zero-order valence-electron chi connectivity index (χ0n) is 28.6. The number of nitriles is 1.